The highest BCUT2D eigenvalue weighted by atomic mass is 35.5. The average molecular weight is 348 g/mol. The summed E-state index contributed by atoms with van der Waals surface area (Å²) in [6, 6.07) is 6.39. The van der Waals surface area contributed by atoms with Crippen molar-refractivity contribution < 1.29 is 8.42 Å². The van der Waals surface area contributed by atoms with E-state index >= 15 is 0 Å². The topological polar surface area (TPSA) is 85.1 Å². The fraction of sp³-hybridized carbons (Fsp3) is 0.0909. The second-order valence-electron chi connectivity index (χ2n) is 3.74. The summed E-state index contributed by atoms with van der Waals surface area (Å²) >= 11 is 11.9. The third-order valence-electron chi connectivity index (χ3n) is 2.36. The van der Waals surface area contributed by atoms with Crippen LogP contribution in [-0.4, -0.2) is 18.4 Å². The Labute approximate surface area is 130 Å². The van der Waals surface area contributed by atoms with Crippen molar-refractivity contribution in [1.82, 2.24) is 9.71 Å². The van der Waals surface area contributed by atoms with Gasteiger partial charge in [-0.2, -0.15) is 0 Å². The Bertz CT molecular complexity index is 743. The molecule has 0 spiro atoms. The number of pyridine rings is 1. The Hall–Kier alpha value is -1.06. The molecule has 9 heteroatoms. The van der Waals surface area contributed by atoms with Crippen LogP contribution in [-0.2, 0) is 16.6 Å². The molecular weight excluding hydrogens is 338 g/mol. The zero-order chi connectivity index (χ0) is 14.8. The Morgan fingerprint density at radius 3 is 2.80 bits per heavy atom. The van der Waals surface area contributed by atoms with Gasteiger partial charge in [-0.25, -0.2) is 13.1 Å². The van der Waals surface area contributed by atoms with Gasteiger partial charge in [-0.1, -0.05) is 23.8 Å². The quantitative estimate of drug-likeness (QED) is 0.807. The maximum absolute atomic E-state index is 12.2. The summed E-state index contributed by atoms with van der Waals surface area (Å²) < 4.78 is 27.6. The normalized spacial score (nSPS) is 11.4. The number of hydrogen-bond acceptors (Lipinski definition) is 5. The van der Waals surface area contributed by atoms with E-state index in [2.05, 4.69) is 9.71 Å². The van der Waals surface area contributed by atoms with E-state index in [1.807, 2.05) is 0 Å². The van der Waals surface area contributed by atoms with Gasteiger partial charge in [0, 0.05) is 17.6 Å². The lowest BCUT2D eigenvalue weighted by atomic mass is 10.3. The Balaban J connectivity index is 2.25. The molecule has 106 valence electrons. The highest BCUT2D eigenvalue weighted by Gasteiger charge is 2.20. The van der Waals surface area contributed by atoms with Crippen molar-refractivity contribution in [3.05, 3.63) is 45.4 Å². The summed E-state index contributed by atoms with van der Waals surface area (Å²) in [6.45, 7) is 0.144. The lowest BCUT2D eigenvalue weighted by Gasteiger charge is -2.09. The van der Waals surface area contributed by atoms with Crippen LogP contribution in [0.5, 0.6) is 0 Å². The first-order valence-corrected chi connectivity index (χ1v) is 8.47. The van der Waals surface area contributed by atoms with Crippen LogP contribution in [0.3, 0.4) is 0 Å². The molecule has 2 heterocycles. The van der Waals surface area contributed by atoms with Crippen molar-refractivity contribution in [3.63, 3.8) is 0 Å². The molecule has 0 aromatic carbocycles. The van der Waals surface area contributed by atoms with Gasteiger partial charge in [-0.05, 0) is 24.3 Å². The molecule has 5 nitrogen and oxygen atoms in total. The number of nitrogens with zero attached hydrogens (tertiary/aromatic N) is 1. The van der Waals surface area contributed by atoms with Gasteiger partial charge in [0.05, 0.1) is 4.34 Å². The molecule has 0 fully saturated rings. The molecule has 0 atom stereocenters. The number of aromatic nitrogens is 1. The van der Waals surface area contributed by atoms with Gasteiger partial charge >= 0.3 is 0 Å². The monoisotopic (exact) mass is 347 g/mol. The summed E-state index contributed by atoms with van der Waals surface area (Å²) in [5.41, 5.74) is 5.57. The second-order valence-corrected chi connectivity index (χ2v) is 7.72. The molecule has 2 rings (SSSR count). The molecular formula is C11H10ClN3O2S3. The molecule has 20 heavy (non-hydrogen) atoms. The van der Waals surface area contributed by atoms with E-state index in [-0.39, 0.29) is 22.1 Å². The molecule has 2 aromatic rings. The predicted molar refractivity (Wildman–Crippen MR) is 83.5 cm³/mol. The van der Waals surface area contributed by atoms with E-state index in [0.717, 1.165) is 4.88 Å². The van der Waals surface area contributed by atoms with Crippen LogP contribution in [0, 0.1) is 0 Å². The summed E-state index contributed by atoms with van der Waals surface area (Å²) in [6.07, 6.45) is 1.44. The number of sulfonamides is 1. The first-order chi connectivity index (χ1) is 9.40. The maximum atomic E-state index is 12.2. The van der Waals surface area contributed by atoms with Crippen molar-refractivity contribution in [3.8, 4) is 0 Å². The number of nitrogens with two attached hydrogens (primary N) is 1. The second kappa shape index (κ2) is 6.15. The summed E-state index contributed by atoms with van der Waals surface area (Å²) in [4.78, 5) is 4.61. The predicted octanol–water partition coefficient (Wildman–Crippen LogP) is 1.91. The summed E-state index contributed by atoms with van der Waals surface area (Å²) in [5.74, 6) is 0. The smallest absolute Gasteiger partial charge is 0.243 e. The van der Waals surface area contributed by atoms with Crippen molar-refractivity contribution in [1.29, 1.82) is 0 Å². The first-order valence-electron chi connectivity index (χ1n) is 5.39. The molecule has 3 N–H and O–H groups in total. The van der Waals surface area contributed by atoms with Crippen molar-refractivity contribution >= 4 is 50.2 Å². The minimum Gasteiger partial charge on any atom is -0.388 e. The number of nitrogens with one attached hydrogen (secondary N) is 1. The van der Waals surface area contributed by atoms with Crippen LogP contribution >= 0.6 is 35.2 Å². The molecule has 2 aromatic heterocycles. The van der Waals surface area contributed by atoms with E-state index in [4.69, 9.17) is 29.6 Å². The van der Waals surface area contributed by atoms with Crippen LogP contribution in [0.15, 0.2) is 35.4 Å². The van der Waals surface area contributed by atoms with E-state index in [9.17, 15) is 8.42 Å². The number of rotatable bonds is 5. The van der Waals surface area contributed by atoms with Crippen molar-refractivity contribution in [2.45, 2.75) is 11.4 Å². The lowest BCUT2D eigenvalue weighted by Crippen LogP contribution is -2.26. The molecule has 0 radical (unpaired) electrons. The molecule has 0 saturated heterocycles. The van der Waals surface area contributed by atoms with E-state index in [1.54, 1.807) is 12.1 Å². The number of hydrogen-bond donors (Lipinski definition) is 2. The van der Waals surface area contributed by atoms with Gasteiger partial charge in [0.2, 0.25) is 10.0 Å². The van der Waals surface area contributed by atoms with Gasteiger partial charge in [0.1, 0.15) is 15.6 Å². The third kappa shape index (κ3) is 3.53. The van der Waals surface area contributed by atoms with Gasteiger partial charge in [0.15, 0.2) is 0 Å². The van der Waals surface area contributed by atoms with Gasteiger partial charge < -0.3 is 5.73 Å². The highest BCUT2D eigenvalue weighted by Crippen LogP contribution is 2.22. The van der Waals surface area contributed by atoms with Crippen LogP contribution in [0.1, 0.15) is 10.6 Å². The Morgan fingerprint density at radius 2 is 2.20 bits per heavy atom. The summed E-state index contributed by atoms with van der Waals surface area (Å²) in [7, 11) is -3.74. The standard InChI is InChI=1S/C11H10ClN3O2S3/c12-9-4-3-7(19-9)6-15-20(16,17)8-2-1-5-14-10(8)11(13)18/h1-5,15H,6H2,(H2,13,18). The number of halogens is 1. The largest absolute Gasteiger partial charge is 0.388 e. The van der Waals surface area contributed by atoms with Crippen LogP contribution in [0.25, 0.3) is 0 Å². The Kier molecular flexibility index (Phi) is 4.71. The highest BCUT2D eigenvalue weighted by molar-refractivity contribution is 7.89. The van der Waals surface area contributed by atoms with E-state index in [1.165, 1.54) is 29.7 Å². The van der Waals surface area contributed by atoms with E-state index < -0.39 is 10.0 Å². The van der Waals surface area contributed by atoms with Crippen LogP contribution < -0.4 is 10.5 Å². The molecule has 0 aliphatic carbocycles. The SMILES string of the molecule is NC(=S)c1ncccc1S(=O)(=O)NCc1ccc(Cl)s1. The average Bonchev–Trinajstić information content (AvgIpc) is 2.82. The van der Waals surface area contributed by atoms with E-state index in [0.29, 0.717) is 4.34 Å². The van der Waals surface area contributed by atoms with Crippen LogP contribution in [0.2, 0.25) is 4.34 Å². The van der Waals surface area contributed by atoms with Gasteiger partial charge in [-0.3, -0.25) is 4.98 Å². The Morgan fingerprint density at radius 1 is 1.45 bits per heavy atom. The third-order valence-corrected chi connectivity index (χ3v) is 5.22. The molecule has 0 amide bonds. The van der Waals surface area contributed by atoms with Crippen LogP contribution in [0.4, 0.5) is 0 Å². The first kappa shape index (κ1) is 15.3. The zero-order valence-electron chi connectivity index (χ0n) is 10.0. The van der Waals surface area contributed by atoms with Crippen molar-refractivity contribution in [2.75, 3.05) is 0 Å². The minimum absolute atomic E-state index is 0.0323. The summed E-state index contributed by atoms with van der Waals surface area (Å²) in [5, 5.41) is 0. The molecule has 0 bridgehead atoms. The fourth-order valence-corrected chi connectivity index (χ4v) is 4.00. The fourth-order valence-electron chi connectivity index (χ4n) is 1.48. The number of thiophene rings is 1. The molecule has 0 saturated carbocycles. The zero-order valence-corrected chi connectivity index (χ0v) is 13.2. The van der Waals surface area contributed by atoms with Crippen molar-refractivity contribution in [2.24, 2.45) is 5.73 Å². The van der Waals surface area contributed by atoms with Gasteiger partial charge in [0.25, 0.3) is 0 Å². The molecule has 0 aliphatic heterocycles. The molecule has 0 aliphatic rings. The van der Waals surface area contributed by atoms with Gasteiger partial charge in [-0.15, -0.1) is 11.3 Å². The minimum atomic E-state index is -3.74. The molecule has 0 unspecified atom stereocenters. The maximum Gasteiger partial charge on any atom is 0.243 e. The number of thiocarbonyl (C=S) groups is 1. The lowest BCUT2D eigenvalue weighted by molar-refractivity contribution is 0.581.